The number of ketones is 3. The quantitative estimate of drug-likeness (QED) is 0.0346. The minimum absolute atomic E-state index is 0. The van der Waals surface area contributed by atoms with Gasteiger partial charge in [0.1, 0.15) is 17.5 Å². The molecule has 3 aromatic carbocycles. The second-order valence-electron chi connectivity index (χ2n) is 8.40. The highest BCUT2D eigenvalue weighted by Gasteiger charge is 2.20. The number of carbonyl (C=O) groups excluding carboxylic acids is 5. The van der Waals surface area contributed by atoms with Gasteiger partial charge in [-0.05, 0) is 60.9 Å². The number of hydrogen-bond acceptors (Lipinski definition) is 8. The number of Topliss-reactive ketones (excluding diaryl/α,β-unsaturated/α-hetero) is 3. The van der Waals surface area contributed by atoms with E-state index in [1.54, 1.807) is 19.1 Å². The molecule has 0 saturated heterocycles. The predicted molar refractivity (Wildman–Crippen MR) is 169 cm³/mol. The fraction of sp³-hybridized carbons (Fsp3) is 0.212. The van der Waals surface area contributed by atoms with E-state index < -0.39 is 41.5 Å². The van der Waals surface area contributed by atoms with E-state index in [1.807, 2.05) is 0 Å². The van der Waals surface area contributed by atoms with Crippen molar-refractivity contribution in [3.63, 3.8) is 0 Å². The largest absolute Gasteiger partial charge is 0.460 e. The third-order valence-electron chi connectivity index (χ3n) is 5.18. The van der Waals surface area contributed by atoms with Crippen molar-refractivity contribution in [2.24, 2.45) is 5.11 Å². The van der Waals surface area contributed by atoms with Crippen LogP contribution in [0, 0.1) is 17.5 Å². The molecule has 4 rings (SSSR count). The van der Waals surface area contributed by atoms with E-state index in [0.29, 0.717) is 11.1 Å². The summed E-state index contributed by atoms with van der Waals surface area (Å²) in [6, 6.07) is 17.5. The number of carbonyl (C=O) groups is 5. The highest BCUT2D eigenvalue weighted by molar-refractivity contribution is 6.38. The van der Waals surface area contributed by atoms with Crippen LogP contribution in [0.25, 0.3) is 21.8 Å². The van der Waals surface area contributed by atoms with Crippen molar-refractivity contribution in [3.8, 4) is 11.3 Å². The van der Waals surface area contributed by atoms with Crippen LogP contribution in [-0.4, -0.2) is 41.0 Å². The van der Waals surface area contributed by atoms with Crippen LogP contribution >= 0.6 is 0 Å². The number of halogens is 3. The van der Waals surface area contributed by atoms with Gasteiger partial charge < -0.3 is 9.26 Å². The maximum Gasteiger partial charge on any atom is 0.375 e. The van der Waals surface area contributed by atoms with E-state index in [-0.39, 0.29) is 57.5 Å². The van der Waals surface area contributed by atoms with E-state index in [9.17, 15) is 37.1 Å². The number of amides is 1. The molecule has 0 atom stereocenters. The topological polar surface area (TPSA) is 169 Å². The molecule has 0 aliphatic carbocycles. The summed E-state index contributed by atoms with van der Waals surface area (Å²) in [6.07, 6.45) is -0.609. The Kier molecular flexibility index (Phi) is 20.0. The Morgan fingerprint density at radius 2 is 1.36 bits per heavy atom. The van der Waals surface area contributed by atoms with E-state index in [0.717, 1.165) is 6.07 Å². The Morgan fingerprint density at radius 3 is 1.85 bits per heavy atom. The minimum atomic E-state index is -1.04. The van der Waals surface area contributed by atoms with Gasteiger partial charge in [-0.3, -0.25) is 19.2 Å². The Labute approximate surface area is 270 Å². The van der Waals surface area contributed by atoms with Gasteiger partial charge in [0.05, 0.1) is 13.0 Å². The van der Waals surface area contributed by atoms with Gasteiger partial charge in [-0.1, -0.05) is 63.8 Å². The molecule has 11 nitrogen and oxygen atoms in total. The van der Waals surface area contributed by atoms with Crippen LogP contribution in [0.3, 0.4) is 0 Å². The standard InChI is InChI=1S/C12H11FO4.C10H5FN4O2.C8H7FO.3CH4/c1-2-17-12(16)11(15)7-10(14)8-4-3-5-9(13)6-8;11-7-3-1-2-6(4-7)9-5-8(14-17-9)10(16)13-15-12;1-6(10)7-3-2-4-8(9)5-7;;;/h3-6H,2,7H2,1H3;1-5H;2-5H,1H3;3*1H4. The molecule has 0 spiro atoms. The summed E-state index contributed by atoms with van der Waals surface area (Å²) in [5, 5.41) is 6.29. The van der Waals surface area contributed by atoms with Crippen LogP contribution in [-0.2, 0) is 14.3 Å². The molecule has 0 aliphatic rings. The van der Waals surface area contributed by atoms with Crippen LogP contribution in [0.5, 0.6) is 0 Å². The predicted octanol–water partition coefficient (Wildman–Crippen LogP) is 8.40. The zero-order valence-electron chi connectivity index (χ0n) is 23.2. The SMILES string of the molecule is C.C.C.CC(=O)c1cccc(F)c1.CCOC(=O)C(=O)CC(=O)c1cccc(F)c1.[N-]=[N+]=NC(=O)c1cc(-c2cccc(F)c2)on1. The fourth-order valence-electron chi connectivity index (χ4n) is 3.15. The zero-order chi connectivity index (χ0) is 32.6. The monoisotopic (exact) mass is 656 g/mol. The van der Waals surface area contributed by atoms with Gasteiger partial charge in [-0.15, -0.1) is 0 Å². The van der Waals surface area contributed by atoms with Gasteiger partial charge in [-0.25, -0.2) is 18.0 Å². The highest BCUT2D eigenvalue weighted by atomic mass is 19.1. The smallest absolute Gasteiger partial charge is 0.375 e. The molecular weight excluding hydrogens is 621 g/mol. The van der Waals surface area contributed by atoms with Crippen LogP contribution in [0.4, 0.5) is 13.2 Å². The lowest BCUT2D eigenvalue weighted by Gasteiger charge is -2.01. The van der Waals surface area contributed by atoms with E-state index in [1.165, 1.54) is 67.6 Å². The number of ether oxygens (including phenoxy) is 1. The number of benzene rings is 3. The van der Waals surface area contributed by atoms with Crippen molar-refractivity contribution in [2.75, 3.05) is 6.61 Å². The van der Waals surface area contributed by atoms with Crippen LogP contribution in [0.1, 0.15) is 73.8 Å². The average molecular weight is 657 g/mol. The Bertz CT molecular complexity index is 1720. The molecule has 4 aromatic rings. The molecule has 47 heavy (non-hydrogen) atoms. The summed E-state index contributed by atoms with van der Waals surface area (Å²) in [4.78, 5) is 57.8. The Morgan fingerprint density at radius 1 is 0.830 bits per heavy atom. The first-order valence-electron chi connectivity index (χ1n) is 12.5. The lowest BCUT2D eigenvalue weighted by molar-refractivity contribution is -0.153. The molecule has 0 saturated carbocycles. The molecule has 1 amide bonds. The molecule has 0 aliphatic heterocycles. The van der Waals surface area contributed by atoms with Gasteiger partial charge in [-0.2, -0.15) is 0 Å². The average Bonchev–Trinajstić information content (AvgIpc) is 3.49. The molecule has 0 bridgehead atoms. The number of hydrogen-bond donors (Lipinski definition) is 0. The fourth-order valence-corrected chi connectivity index (χ4v) is 3.15. The number of aromatic nitrogens is 1. The van der Waals surface area contributed by atoms with Crippen LogP contribution < -0.4 is 0 Å². The second kappa shape index (κ2) is 21.8. The lowest BCUT2D eigenvalue weighted by Crippen LogP contribution is -2.20. The first-order valence-corrected chi connectivity index (χ1v) is 12.5. The molecule has 1 aromatic heterocycles. The highest BCUT2D eigenvalue weighted by Crippen LogP contribution is 2.21. The summed E-state index contributed by atoms with van der Waals surface area (Å²) < 4.78 is 47.4. The maximum absolute atomic E-state index is 12.9. The molecule has 250 valence electrons. The van der Waals surface area contributed by atoms with Crippen molar-refractivity contribution in [2.45, 2.75) is 42.5 Å². The molecule has 0 N–H and O–H groups in total. The van der Waals surface area contributed by atoms with E-state index in [4.69, 9.17) is 10.1 Å². The molecule has 0 radical (unpaired) electrons. The number of esters is 1. The Balaban J connectivity index is 0. The number of rotatable bonds is 8. The zero-order valence-corrected chi connectivity index (χ0v) is 23.2. The summed E-state index contributed by atoms with van der Waals surface area (Å²) in [5.74, 6) is -4.69. The van der Waals surface area contributed by atoms with Crippen molar-refractivity contribution in [1.29, 1.82) is 0 Å². The van der Waals surface area contributed by atoms with E-state index >= 15 is 0 Å². The second-order valence-corrected chi connectivity index (χ2v) is 8.40. The normalized spacial score (nSPS) is 9.04. The lowest BCUT2D eigenvalue weighted by atomic mass is 10.1. The number of azide groups is 1. The first kappa shape index (κ1) is 43.2. The van der Waals surface area contributed by atoms with Gasteiger partial charge in [0.15, 0.2) is 23.0 Å². The van der Waals surface area contributed by atoms with Crippen molar-refractivity contribution >= 4 is 29.2 Å². The Hall–Kier alpha value is -5.88. The van der Waals surface area contributed by atoms with Gasteiger partial charge >= 0.3 is 5.97 Å². The van der Waals surface area contributed by atoms with Crippen molar-refractivity contribution in [1.82, 2.24) is 5.16 Å². The summed E-state index contributed by atoms with van der Waals surface area (Å²) in [6.45, 7) is 3.03. The summed E-state index contributed by atoms with van der Waals surface area (Å²) >= 11 is 0. The van der Waals surface area contributed by atoms with E-state index in [2.05, 4.69) is 19.9 Å². The van der Waals surface area contributed by atoms with Crippen LogP contribution in [0.2, 0.25) is 0 Å². The molecular formula is C33H35F3N4O7. The van der Waals surface area contributed by atoms with Gasteiger partial charge in [0.2, 0.25) is 5.78 Å². The number of nitrogens with zero attached hydrogens (tertiary/aromatic N) is 4. The summed E-state index contributed by atoms with van der Waals surface area (Å²) in [7, 11) is 0. The van der Waals surface area contributed by atoms with Crippen molar-refractivity contribution in [3.05, 3.63) is 124 Å². The summed E-state index contributed by atoms with van der Waals surface area (Å²) in [5.41, 5.74) is 8.88. The molecule has 1 heterocycles. The minimum Gasteiger partial charge on any atom is -0.460 e. The third-order valence-corrected chi connectivity index (χ3v) is 5.18. The third kappa shape index (κ3) is 14.6. The maximum atomic E-state index is 12.9. The molecule has 0 unspecified atom stereocenters. The van der Waals surface area contributed by atoms with Gasteiger partial charge in [0.25, 0.3) is 5.91 Å². The first-order chi connectivity index (χ1) is 20.9. The molecule has 0 fully saturated rings. The molecule has 14 heteroatoms. The van der Waals surface area contributed by atoms with Crippen molar-refractivity contribution < 1.29 is 46.4 Å². The van der Waals surface area contributed by atoms with Gasteiger partial charge in [0, 0.05) is 27.7 Å². The van der Waals surface area contributed by atoms with Crippen LogP contribution in [0.15, 0.2) is 88.5 Å².